The summed E-state index contributed by atoms with van der Waals surface area (Å²) in [6.07, 6.45) is 1.14. The third-order valence-electron chi connectivity index (χ3n) is 2.54. The Morgan fingerprint density at radius 1 is 1.15 bits per heavy atom. The molecule has 1 aromatic heterocycles. The topological polar surface area (TPSA) is 57.5 Å². The SMILES string of the molecule is CC(=O)Oc1cccc2c1ccn2C(=O)OC(C)(C)C. The summed E-state index contributed by atoms with van der Waals surface area (Å²) < 4.78 is 11.8. The van der Waals surface area contributed by atoms with Crippen LogP contribution in [0.15, 0.2) is 30.5 Å². The predicted molar refractivity (Wildman–Crippen MR) is 74.9 cm³/mol. The lowest BCUT2D eigenvalue weighted by Crippen LogP contribution is -2.26. The highest BCUT2D eigenvalue weighted by Gasteiger charge is 2.19. The summed E-state index contributed by atoms with van der Waals surface area (Å²) in [5.74, 6) is 0.0276. The normalized spacial score (nSPS) is 11.4. The molecular weight excluding hydrogens is 258 g/mol. The maximum absolute atomic E-state index is 12.1. The van der Waals surface area contributed by atoms with Gasteiger partial charge >= 0.3 is 12.1 Å². The van der Waals surface area contributed by atoms with Crippen LogP contribution in [0.2, 0.25) is 0 Å². The average molecular weight is 275 g/mol. The molecule has 106 valence electrons. The molecule has 0 saturated carbocycles. The van der Waals surface area contributed by atoms with E-state index in [0.717, 1.165) is 0 Å². The quantitative estimate of drug-likeness (QED) is 0.591. The molecule has 0 saturated heterocycles. The Morgan fingerprint density at radius 2 is 1.85 bits per heavy atom. The van der Waals surface area contributed by atoms with Crippen molar-refractivity contribution in [2.45, 2.75) is 33.3 Å². The van der Waals surface area contributed by atoms with Gasteiger partial charge in [0.1, 0.15) is 11.4 Å². The molecule has 0 N–H and O–H groups in total. The number of rotatable bonds is 1. The first kappa shape index (κ1) is 14.1. The Morgan fingerprint density at radius 3 is 2.45 bits per heavy atom. The minimum atomic E-state index is -0.568. The van der Waals surface area contributed by atoms with Crippen LogP contribution < -0.4 is 4.74 Å². The van der Waals surface area contributed by atoms with Gasteiger partial charge in [-0.2, -0.15) is 0 Å². The Labute approximate surface area is 117 Å². The Kier molecular flexibility index (Phi) is 3.53. The molecular formula is C15H17NO4. The van der Waals surface area contributed by atoms with Crippen LogP contribution in [-0.4, -0.2) is 22.2 Å². The lowest BCUT2D eigenvalue weighted by atomic mass is 10.2. The van der Waals surface area contributed by atoms with Crippen LogP contribution >= 0.6 is 0 Å². The largest absolute Gasteiger partial charge is 0.443 e. The second-order valence-corrected chi connectivity index (χ2v) is 5.45. The van der Waals surface area contributed by atoms with Gasteiger partial charge in [0.25, 0.3) is 0 Å². The maximum atomic E-state index is 12.1. The first-order valence-electron chi connectivity index (χ1n) is 6.30. The number of benzene rings is 1. The first-order valence-corrected chi connectivity index (χ1v) is 6.30. The Balaban J connectivity index is 2.42. The summed E-state index contributed by atoms with van der Waals surface area (Å²) in [4.78, 5) is 23.2. The molecule has 20 heavy (non-hydrogen) atoms. The van der Waals surface area contributed by atoms with Gasteiger partial charge in [-0.05, 0) is 39.0 Å². The van der Waals surface area contributed by atoms with Crippen molar-refractivity contribution in [2.75, 3.05) is 0 Å². The van der Waals surface area contributed by atoms with Crippen molar-refractivity contribution in [1.29, 1.82) is 0 Å². The van der Waals surface area contributed by atoms with E-state index in [1.165, 1.54) is 11.5 Å². The Hall–Kier alpha value is -2.30. The van der Waals surface area contributed by atoms with Gasteiger partial charge in [-0.3, -0.25) is 9.36 Å². The van der Waals surface area contributed by atoms with Gasteiger partial charge in [-0.1, -0.05) is 6.07 Å². The predicted octanol–water partition coefficient (Wildman–Crippen LogP) is 3.35. The molecule has 1 heterocycles. The van der Waals surface area contributed by atoms with E-state index >= 15 is 0 Å². The molecule has 0 aliphatic heterocycles. The minimum absolute atomic E-state index is 0.400. The van der Waals surface area contributed by atoms with Crippen molar-refractivity contribution in [1.82, 2.24) is 4.57 Å². The molecule has 0 amide bonds. The smallest absolute Gasteiger partial charge is 0.418 e. The standard InChI is InChI=1S/C15H17NO4/c1-10(17)19-13-7-5-6-12-11(13)8-9-16(12)14(18)20-15(2,3)4/h5-9H,1-4H3. The van der Waals surface area contributed by atoms with Gasteiger partial charge in [-0.25, -0.2) is 4.79 Å². The highest BCUT2D eigenvalue weighted by atomic mass is 16.6. The molecule has 2 aromatic rings. The zero-order valence-corrected chi connectivity index (χ0v) is 12.0. The fraction of sp³-hybridized carbons (Fsp3) is 0.333. The van der Waals surface area contributed by atoms with Gasteiger partial charge in [0.15, 0.2) is 0 Å². The number of carbonyl (C=O) groups is 2. The van der Waals surface area contributed by atoms with Crippen LogP contribution in [0.4, 0.5) is 4.79 Å². The minimum Gasteiger partial charge on any atom is -0.443 e. The first-order chi connectivity index (χ1) is 9.28. The van der Waals surface area contributed by atoms with Crippen LogP contribution in [0.5, 0.6) is 5.75 Å². The molecule has 0 fully saturated rings. The zero-order valence-electron chi connectivity index (χ0n) is 12.0. The average Bonchev–Trinajstić information content (AvgIpc) is 2.70. The Bertz CT molecular complexity index is 664. The van der Waals surface area contributed by atoms with Crippen molar-refractivity contribution in [3.63, 3.8) is 0 Å². The number of hydrogen-bond donors (Lipinski definition) is 0. The molecule has 0 aliphatic rings. The number of hydrogen-bond acceptors (Lipinski definition) is 4. The lowest BCUT2D eigenvalue weighted by molar-refractivity contribution is -0.131. The molecule has 1 aromatic carbocycles. The van der Waals surface area contributed by atoms with Crippen molar-refractivity contribution in [2.24, 2.45) is 0 Å². The number of nitrogens with zero attached hydrogens (tertiary/aromatic N) is 1. The van der Waals surface area contributed by atoms with Gasteiger partial charge < -0.3 is 9.47 Å². The summed E-state index contributed by atoms with van der Waals surface area (Å²) in [5.41, 5.74) is 0.0688. The van der Waals surface area contributed by atoms with Crippen molar-refractivity contribution >= 4 is 23.0 Å². The number of carbonyl (C=O) groups excluding carboxylic acids is 2. The molecule has 0 unspecified atom stereocenters. The second kappa shape index (κ2) is 5.00. The highest BCUT2D eigenvalue weighted by molar-refractivity contribution is 5.94. The summed E-state index contributed by atoms with van der Waals surface area (Å²) in [5, 5.41) is 0.688. The van der Waals surface area contributed by atoms with Crippen LogP contribution in [0.25, 0.3) is 10.9 Å². The highest BCUT2D eigenvalue weighted by Crippen LogP contribution is 2.27. The van der Waals surface area contributed by atoms with Crippen LogP contribution in [-0.2, 0) is 9.53 Å². The van der Waals surface area contributed by atoms with E-state index in [0.29, 0.717) is 16.7 Å². The third kappa shape index (κ3) is 2.99. The van der Waals surface area contributed by atoms with E-state index in [1.807, 2.05) is 0 Å². The lowest BCUT2D eigenvalue weighted by Gasteiger charge is -2.19. The second-order valence-electron chi connectivity index (χ2n) is 5.45. The number of aromatic nitrogens is 1. The van der Waals surface area contributed by atoms with E-state index in [1.54, 1.807) is 51.2 Å². The van der Waals surface area contributed by atoms with E-state index in [2.05, 4.69) is 0 Å². The molecule has 0 radical (unpaired) electrons. The maximum Gasteiger partial charge on any atom is 0.418 e. The van der Waals surface area contributed by atoms with Gasteiger partial charge in [0, 0.05) is 18.5 Å². The van der Waals surface area contributed by atoms with Crippen LogP contribution in [0, 0.1) is 0 Å². The molecule has 0 spiro atoms. The molecule has 2 rings (SSSR count). The summed E-state index contributed by atoms with van der Waals surface area (Å²) in [7, 11) is 0. The number of esters is 1. The van der Waals surface area contributed by atoms with Crippen molar-refractivity contribution < 1.29 is 19.1 Å². The zero-order chi connectivity index (χ0) is 14.9. The fourth-order valence-electron chi connectivity index (χ4n) is 1.85. The molecule has 5 heteroatoms. The van der Waals surface area contributed by atoms with Crippen LogP contribution in [0.1, 0.15) is 27.7 Å². The van der Waals surface area contributed by atoms with E-state index < -0.39 is 17.7 Å². The summed E-state index contributed by atoms with van der Waals surface area (Å²) in [6, 6.07) is 6.90. The van der Waals surface area contributed by atoms with E-state index in [-0.39, 0.29) is 0 Å². The van der Waals surface area contributed by atoms with Crippen molar-refractivity contribution in [3.8, 4) is 5.75 Å². The molecule has 5 nitrogen and oxygen atoms in total. The summed E-state index contributed by atoms with van der Waals surface area (Å²) in [6.45, 7) is 6.76. The monoisotopic (exact) mass is 275 g/mol. The molecule has 0 aliphatic carbocycles. The van der Waals surface area contributed by atoms with Crippen LogP contribution in [0.3, 0.4) is 0 Å². The van der Waals surface area contributed by atoms with Gasteiger partial charge in [0.05, 0.1) is 5.52 Å². The molecule has 0 atom stereocenters. The van der Waals surface area contributed by atoms with Gasteiger partial charge in [-0.15, -0.1) is 0 Å². The number of fused-ring (bicyclic) bond motifs is 1. The van der Waals surface area contributed by atoms with Gasteiger partial charge in [0.2, 0.25) is 0 Å². The fourth-order valence-corrected chi connectivity index (χ4v) is 1.85. The number of ether oxygens (including phenoxy) is 2. The van der Waals surface area contributed by atoms with E-state index in [4.69, 9.17) is 9.47 Å². The third-order valence-corrected chi connectivity index (χ3v) is 2.54. The van der Waals surface area contributed by atoms with E-state index in [9.17, 15) is 9.59 Å². The molecule has 0 bridgehead atoms. The summed E-state index contributed by atoms with van der Waals surface area (Å²) >= 11 is 0. The van der Waals surface area contributed by atoms with Crippen molar-refractivity contribution in [3.05, 3.63) is 30.5 Å².